The highest BCUT2D eigenvalue weighted by atomic mass is 16.7. The van der Waals surface area contributed by atoms with Gasteiger partial charge in [-0.15, -0.1) is 0 Å². The molecule has 0 saturated heterocycles. The van der Waals surface area contributed by atoms with Crippen molar-refractivity contribution >= 4 is 5.97 Å². The third kappa shape index (κ3) is 3.11. The number of aromatic nitrogens is 1. The van der Waals surface area contributed by atoms with Crippen molar-refractivity contribution in [2.75, 3.05) is 6.79 Å². The fourth-order valence-electron chi connectivity index (χ4n) is 2.04. The predicted octanol–water partition coefficient (Wildman–Crippen LogP) is 1.80. The molecule has 0 saturated carbocycles. The number of carboxylic acid groups (broad SMARTS) is 1. The van der Waals surface area contributed by atoms with Crippen LogP contribution in [0.1, 0.15) is 21.6 Å². The van der Waals surface area contributed by atoms with Crippen LogP contribution in [-0.4, -0.2) is 22.9 Å². The summed E-state index contributed by atoms with van der Waals surface area (Å²) in [7, 11) is 0. The van der Waals surface area contributed by atoms with Crippen LogP contribution in [0.2, 0.25) is 0 Å². The van der Waals surface area contributed by atoms with E-state index in [4.69, 9.17) is 14.6 Å². The zero-order chi connectivity index (χ0) is 14.7. The number of ether oxygens (including phenoxy) is 2. The molecule has 2 heterocycles. The van der Waals surface area contributed by atoms with Crippen molar-refractivity contribution in [1.82, 2.24) is 10.3 Å². The fraction of sp³-hybridized carbons (Fsp3) is 0.200. The molecule has 0 unspecified atom stereocenters. The number of hydrogen-bond acceptors (Lipinski definition) is 5. The summed E-state index contributed by atoms with van der Waals surface area (Å²) >= 11 is 0. The maximum absolute atomic E-state index is 10.7. The van der Waals surface area contributed by atoms with E-state index < -0.39 is 5.97 Å². The summed E-state index contributed by atoms with van der Waals surface area (Å²) in [5.74, 6) is 0.560. The monoisotopic (exact) mass is 286 g/mol. The lowest BCUT2D eigenvalue weighted by Gasteiger charge is -2.06. The van der Waals surface area contributed by atoms with E-state index in [0.717, 1.165) is 22.8 Å². The van der Waals surface area contributed by atoms with Gasteiger partial charge >= 0.3 is 5.97 Å². The summed E-state index contributed by atoms with van der Waals surface area (Å²) in [5.41, 5.74) is 2.07. The van der Waals surface area contributed by atoms with Crippen molar-refractivity contribution in [2.24, 2.45) is 0 Å². The minimum absolute atomic E-state index is 0.189. The minimum atomic E-state index is -0.970. The van der Waals surface area contributed by atoms with Crippen molar-refractivity contribution < 1.29 is 19.4 Å². The van der Waals surface area contributed by atoms with E-state index >= 15 is 0 Å². The van der Waals surface area contributed by atoms with Crippen molar-refractivity contribution in [2.45, 2.75) is 13.1 Å². The van der Waals surface area contributed by atoms with Gasteiger partial charge in [0.25, 0.3) is 0 Å². The van der Waals surface area contributed by atoms with E-state index in [9.17, 15) is 4.79 Å². The lowest BCUT2D eigenvalue weighted by molar-refractivity contribution is 0.0696. The van der Waals surface area contributed by atoms with Gasteiger partial charge in [0.15, 0.2) is 11.5 Å². The molecule has 0 radical (unpaired) electrons. The van der Waals surface area contributed by atoms with Gasteiger partial charge in [0.05, 0.1) is 11.3 Å². The molecule has 0 atom stereocenters. The largest absolute Gasteiger partial charge is 0.478 e. The Labute approximate surface area is 121 Å². The van der Waals surface area contributed by atoms with E-state index in [0.29, 0.717) is 13.1 Å². The molecular weight excluding hydrogens is 272 g/mol. The summed E-state index contributed by atoms with van der Waals surface area (Å²) in [6, 6.07) is 9.06. The van der Waals surface area contributed by atoms with Crippen LogP contribution in [0.3, 0.4) is 0 Å². The first kappa shape index (κ1) is 13.4. The Morgan fingerprint density at radius 2 is 2.05 bits per heavy atom. The van der Waals surface area contributed by atoms with Crippen LogP contribution in [-0.2, 0) is 13.1 Å². The Morgan fingerprint density at radius 1 is 1.19 bits per heavy atom. The molecule has 1 aliphatic heterocycles. The van der Waals surface area contributed by atoms with E-state index in [1.165, 1.54) is 6.20 Å². The summed E-state index contributed by atoms with van der Waals surface area (Å²) in [5, 5.41) is 12.1. The quantitative estimate of drug-likeness (QED) is 0.872. The molecule has 6 heteroatoms. The van der Waals surface area contributed by atoms with Gasteiger partial charge in [-0.1, -0.05) is 6.07 Å². The second kappa shape index (κ2) is 5.80. The topological polar surface area (TPSA) is 80.7 Å². The Hall–Kier alpha value is -2.60. The minimum Gasteiger partial charge on any atom is -0.478 e. The van der Waals surface area contributed by atoms with Gasteiger partial charge in [0.2, 0.25) is 6.79 Å². The van der Waals surface area contributed by atoms with E-state index in [1.807, 2.05) is 18.2 Å². The lowest BCUT2D eigenvalue weighted by Crippen LogP contribution is -2.14. The van der Waals surface area contributed by atoms with Crippen LogP contribution in [0.5, 0.6) is 11.5 Å². The summed E-state index contributed by atoms with van der Waals surface area (Å²) in [4.78, 5) is 14.8. The number of benzene rings is 1. The van der Waals surface area contributed by atoms with Crippen LogP contribution < -0.4 is 14.8 Å². The Bertz CT molecular complexity index is 655. The highest BCUT2D eigenvalue weighted by molar-refractivity contribution is 5.87. The zero-order valence-electron chi connectivity index (χ0n) is 11.2. The van der Waals surface area contributed by atoms with Gasteiger partial charge < -0.3 is 19.9 Å². The van der Waals surface area contributed by atoms with Crippen LogP contribution in [0.15, 0.2) is 36.5 Å². The standard InChI is InChI=1S/C15H14N2O4/c18-15(19)11-2-3-12(17-7-11)8-16-6-10-1-4-13-14(5-10)21-9-20-13/h1-5,7,16H,6,8-9H2,(H,18,19). The smallest absolute Gasteiger partial charge is 0.337 e. The molecule has 0 aliphatic carbocycles. The van der Waals surface area contributed by atoms with Crippen molar-refractivity contribution in [3.05, 3.63) is 53.3 Å². The molecule has 108 valence electrons. The van der Waals surface area contributed by atoms with Gasteiger partial charge in [-0.25, -0.2) is 4.79 Å². The molecule has 6 nitrogen and oxygen atoms in total. The molecule has 2 aromatic rings. The molecule has 1 aromatic carbocycles. The first-order chi connectivity index (χ1) is 10.2. The van der Waals surface area contributed by atoms with E-state index in [-0.39, 0.29) is 12.4 Å². The number of pyridine rings is 1. The molecule has 3 rings (SSSR count). The van der Waals surface area contributed by atoms with Gasteiger partial charge in [0.1, 0.15) is 0 Å². The number of carboxylic acids is 1. The van der Waals surface area contributed by atoms with Crippen molar-refractivity contribution in [3.8, 4) is 11.5 Å². The van der Waals surface area contributed by atoms with E-state index in [2.05, 4.69) is 10.3 Å². The molecule has 1 aromatic heterocycles. The first-order valence-electron chi connectivity index (χ1n) is 6.50. The average Bonchev–Trinajstić information content (AvgIpc) is 2.95. The van der Waals surface area contributed by atoms with Gasteiger partial charge in [-0.05, 0) is 29.8 Å². The Balaban J connectivity index is 1.55. The fourth-order valence-corrected chi connectivity index (χ4v) is 2.04. The molecule has 0 amide bonds. The summed E-state index contributed by atoms with van der Waals surface area (Å²) in [6.45, 7) is 1.50. The molecular formula is C15H14N2O4. The van der Waals surface area contributed by atoms with Gasteiger partial charge in [-0.2, -0.15) is 0 Å². The summed E-state index contributed by atoms with van der Waals surface area (Å²) < 4.78 is 10.6. The molecule has 2 N–H and O–H groups in total. The van der Waals surface area contributed by atoms with E-state index in [1.54, 1.807) is 12.1 Å². The van der Waals surface area contributed by atoms with Crippen LogP contribution in [0.25, 0.3) is 0 Å². The Kier molecular flexibility index (Phi) is 3.70. The van der Waals surface area contributed by atoms with Crippen LogP contribution >= 0.6 is 0 Å². The Morgan fingerprint density at radius 3 is 2.81 bits per heavy atom. The van der Waals surface area contributed by atoms with Gasteiger partial charge in [0, 0.05) is 19.3 Å². The van der Waals surface area contributed by atoms with Crippen molar-refractivity contribution in [3.63, 3.8) is 0 Å². The number of hydrogen-bond donors (Lipinski definition) is 2. The number of fused-ring (bicyclic) bond motifs is 1. The lowest BCUT2D eigenvalue weighted by atomic mass is 10.2. The molecule has 0 bridgehead atoms. The summed E-state index contributed by atoms with van der Waals surface area (Å²) in [6.07, 6.45) is 1.36. The normalized spacial score (nSPS) is 12.4. The average molecular weight is 286 g/mol. The number of aromatic carboxylic acids is 1. The number of rotatable bonds is 5. The zero-order valence-corrected chi connectivity index (χ0v) is 11.2. The predicted molar refractivity (Wildman–Crippen MR) is 74.3 cm³/mol. The third-order valence-corrected chi connectivity index (χ3v) is 3.14. The van der Waals surface area contributed by atoms with Gasteiger partial charge in [-0.3, -0.25) is 4.98 Å². The SMILES string of the molecule is O=C(O)c1ccc(CNCc2ccc3c(c2)OCO3)nc1. The number of nitrogens with zero attached hydrogens (tertiary/aromatic N) is 1. The number of carbonyl (C=O) groups is 1. The van der Waals surface area contributed by atoms with Crippen LogP contribution in [0, 0.1) is 0 Å². The first-order valence-corrected chi connectivity index (χ1v) is 6.50. The molecule has 21 heavy (non-hydrogen) atoms. The highest BCUT2D eigenvalue weighted by Crippen LogP contribution is 2.32. The van der Waals surface area contributed by atoms with Crippen LogP contribution in [0.4, 0.5) is 0 Å². The second-order valence-corrected chi connectivity index (χ2v) is 4.63. The maximum Gasteiger partial charge on any atom is 0.337 e. The third-order valence-electron chi connectivity index (χ3n) is 3.14. The molecule has 0 spiro atoms. The molecule has 1 aliphatic rings. The highest BCUT2D eigenvalue weighted by Gasteiger charge is 2.12. The molecule has 0 fully saturated rings. The van der Waals surface area contributed by atoms with Crippen molar-refractivity contribution in [1.29, 1.82) is 0 Å². The number of nitrogens with one attached hydrogen (secondary N) is 1. The maximum atomic E-state index is 10.7. The second-order valence-electron chi connectivity index (χ2n) is 4.63.